The van der Waals surface area contributed by atoms with Gasteiger partial charge in [0.15, 0.2) is 0 Å². The van der Waals surface area contributed by atoms with Gasteiger partial charge in [0.1, 0.15) is 0 Å². The highest BCUT2D eigenvalue weighted by atomic mass is 16.5. The van der Waals surface area contributed by atoms with E-state index in [9.17, 15) is 19.8 Å². The van der Waals surface area contributed by atoms with Crippen LogP contribution < -0.4 is 5.32 Å². The summed E-state index contributed by atoms with van der Waals surface area (Å²) in [6.45, 7) is 4.95. The first-order valence-corrected chi connectivity index (χ1v) is 34.7. The molecular formula is C71H135NO5. The quantitative estimate of drug-likeness (QED) is 0.0320. The van der Waals surface area contributed by atoms with Crippen LogP contribution in [-0.2, 0) is 14.3 Å². The Morgan fingerprint density at radius 1 is 0.364 bits per heavy atom. The van der Waals surface area contributed by atoms with E-state index < -0.39 is 12.1 Å². The molecule has 0 radical (unpaired) electrons. The first-order valence-electron chi connectivity index (χ1n) is 34.7. The number of ether oxygens (including phenoxy) is 1. The molecule has 0 saturated heterocycles. The van der Waals surface area contributed by atoms with Gasteiger partial charge in [0.25, 0.3) is 0 Å². The Kier molecular flexibility index (Phi) is 64.9. The van der Waals surface area contributed by atoms with E-state index in [1.807, 2.05) is 0 Å². The monoisotopic (exact) mass is 1080 g/mol. The van der Waals surface area contributed by atoms with Gasteiger partial charge in [0.2, 0.25) is 5.91 Å². The summed E-state index contributed by atoms with van der Waals surface area (Å²) < 4.78 is 5.49. The average molecular weight is 1080 g/mol. The number of amides is 1. The van der Waals surface area contributed by atoms with E-state index in [2.05, 4.69) is 55.6 Å². The molecule has 77 heavy (non-hydrogen) atoms. The SMILES string of the molecule is CCCCCC/C=C\C/C=C\CCCCCCCCCC(=O)OCCCCCCCCCCC/C=C\CCCCCCCC(=O)NC(CO)C(O)CCCCCCCCCCCCCCCCCCCCCCCCCC. The zero-order valence-corrected chi connectivity index (χ0v) is 52.0. The molecule has 0 aromatic carbocycles. The van der Waals surface area contributed by atoms with Crippen LogP contribution in [0.1, 0.15) is 380 Å². The lowest BCUT2D eigenvalue weighted by atomic mass is 10.0. The van der Waals surface area contributed by atoms with Crippen molar-refractivity contribution in [3.8, 4) is 0 Å². The molecule has 2 atom stereocenters. The number of nitrogens with one attached hydrogen (secondary N) is 1. The van der Waals surface area contributed by atoms with E-state index in [1.165, 1.54) is 283 Å². The van der Waals surface area contributed by atoms with Crippen molar-refractivity contribution < 1.29 is 24.5 Å². The molecule has 0 aliphatic rings. The fraction of sp³-hybridized carbons (Fsp3) is 0.887. The number of carbonyl (C=O) groups is 2. The zero-order chi connectivity index (χ0) is 55.7. The molecule has 0 spiro atoms. The predicted octanol–water partition coefficient (Wildman–Crippen LogP) is 22.3. The summed E-state index contributed by atoms with van der Waals surface area (Å²) in [5.41, 5.74) is 0. The summed E-state index contributed by atoms with van der Waals surface area (Å²) in [4.78, 5) is 24.6. The second-order valence-electron chi connectivity index (χ2n) is 23.9. The Morgan fingerprint density at radius 2 is 0.649 bits per heavy atom. The largest absolute Gasteiger partial charge is 0.466 e. The third-order valence-corrected chi connectivity index (χ3v) is 16.2. The zero-order valence-electron chi connectivity index (χ0n) is 52.0. The van der Waals surface area contributed by atoms with E-state index in [0.717, 1.165) is 64.2 Å². The van der Waals surface area contributed by atoms with Crippen molar-refractivity contribution in [2.24, 2.45) is 0 Å². The molecule has 0 aliphatic carbocycles. The lowest BCUT2D eigenvalue weighted by Crippen LogP contribution is -2.45. The number of hydrogen-bond donors (Lipinski definition) is 3. The van der Waals surface area contributed by atoms with E-state index in [1.54, 1.807) is 0 Å². The van der Waals surface area contributed by atoms with Crippen molar-refractivity contribution in [1.82, 2.24) is 5.32 Å². The van der Waals surface area contributed by atoms with Crippen molar-refractivity contribution in [2.75, 3.05) is 13.2 Å². The molecule has 0 aromatic rings. The van der Waals surface area contributed by atoms with Crippen LogP contribution in [0, 0.1) is 0 Å². The van der Waals surface area contributed by atoms with Crippen molar-refractivity contribution in [1.29, 1.82) is 0 Å². The average Bonchev–Trinajstić information content (AvgIpc) is 3.43. The second-order valence-corrected chi connectivity index (χ2v) is 23.9. The molecule has 1 amide bonds. The number of esters is 1. The normalized spacial score (nSPS) is 12.7. The van der Waals surface area contributed by atoms with Gasteiger partial charge in [0, 0.05) is 12.8 Å². The maximum Gasteiger partial charge on any atom is 0.305 e. The number of rotatable bonds is 65. The molecule has 3 N–H and O–H groups in total. The molecule has 0 fully saturated rings. The Hall–Kier alpha value is -1.92. The molecule has 0 rings (SSSR count). The highest BCUT2D eigenvalue weighted by Crippen LogP contribution is 2.18. The second kappa shape index (κ2) is 66.6. The predicted molar refractivity (Wildman–Crippen MR) is 338 cm³/mol. The summed E-state index contributed by atoms with van der Waals surface area (Å²) in [5, 5.41) is 23.4. The number of hydrogen-bond acceptors (Lipinski definition) is 5. The van der Waals surface area contributed by atoms with Crippen molar-refractivity contribution >= 4 is 11.9 Å². The Bertz CT molecular complexity index is 1250. The van der Waals surface area contributed by atoms with Crippen LogP contribution in [0.4, 0.5) is 0 Å². The maximum absolute atomic E-state index is 12.5. The maximum atomic E-state index is 12.5. The van der Waals surface area contributed by atoms with Gasteiger partial charge >= 0.3 is 5.97 Å². The van der Waals surface area contributed by atoms with Gasteiger partial charge in [-0.05, 0) is 83.5 Å². The number of unbranched alkanes of at least 4 members (excludes halogenated alkanes) is 48. The van der Waals surface area contributed by atoms with Crippen molar-refractivity contribution in [3.05, 3.63) is 36.5 Å². The number of aliphatic hydroxyl groups is 2. The van der Waals surface area contributed by atoms with Crippen LogP contribution >= 0.6 is 0 Å². The van der Waals surface area contributed by atoms with Crippen LogP contribution in [-0.4, -0.2) is 47.4 Å². The van der Waals surface area contributed by atoms with Crippen LogP contribution in [0.2, 0.25) is 0 Å². The molecule has 0 aliphatic heterocycles. The first kappa shape index (κ1) is 75.1. The van der Waals surface area contributed by atoms with Gasteiger partial charge in [0.05, 0.1) is 25.4 Å². The van der Waals surface area contributed by atoms with E-state index in [-0.39, 0.29) is 18.5 Å². The third-order valence-electron chi connectivity index (χ3n) is 16.2. The molecule has 0 saturated carbocycles. The molecule has 0 aromatic heterocycles. The molecule has 454 valence electrons. The van der Waals surface area contributed by atoms with E-state index >= 15 is 0 Å². The minimum atomic E-state index is -0.675. The minimum Gasteiger partial charge on any atom is -0.466 e. The highest BCUT2D eigenvalue weighted by Gasteiger charge is 2.20. The van der Waals surface area contributed by atoms with Crippen LogP contribution in [0.5, 0.6) is 0 Å². The lowest BCUT2D eigenvalue weighted by Gasteiger charge is -2.22. The van der Waals surface area contributed by atoms with Gasteiger partial charge in [-0.15, -0.1) is 0 Å². The number of allylic oxidation sites excluding steroid dienone is 6. The molecular weight excluding hydrogens is 947 g/mol. The van der Waals surface area contributed by atoms with E-state index in [4.69, 9.17) is 4.74 Å². The molecule has 6 heteroatoms. The van der Waals surface area contributed by atoms with E-state index in [0.29, 0.717) is 25.9 Å². The molecule has 2 unspecified atom stereocenters. The Labute approximate surface area is 481 Å². The Balaban J connectivity index is 3.44. The van der Waals surface area contributed by atoms with Crippen molar-refractivity contribution in [2.45, 2.75) is 392 Å². The first-order chi connectivity index (χ1) is 38.0. The summed E-state index contributed by atoms with van der Waals surface area (Å²) in [7, 11) is 0. The summed E-state index contributed by atoms with van der Waals surface area (Å²) in [6, 6.07) is -0.554. The van der Waals surface area contributed by atoms with Crippen LogP contribution in [0.15, 0.2) is 36.5 Å². The summed E-state index contributed by atoms with van der Waals surface area (Å²) in [5.74, 6) is -0.0492. The number of carbonyl (C=O) groups excluding carboxylic acids is 2. The van der Waals surface area contributed by atoms with Gasteiger partial charge in [-0.2, -0.15) is 0 Å². The van der Waals surface area contributed by atoms with Gasteiger partial charge < -0.3 is 20.3 Å². The minimum absolute atomic E-state index is 0.00352. The van der Waals surface area contributed by atoms with Crippen molar-refractivity contribution in [3.63, 3.8) is 0 Å². The van der Waals surface area contributed by atoms with Gasteiger partial charge in [-0.3, -0.25) is 9.59 Å². The van der Waals surface area contributed by atoms with Crippen LogP contribution in [0.3, 0.4) is 0 Å². The Morgan fingerprint density at radius 3 is 1.01 bits per heavy atom. The number of aliphatic hydroxyl groups excluding tert-OH is 2. The fourth-order valence-electron chi connectivity index (χ4n) is 10.8. The summed E-state index contributed by atoms with van der Waals surface area (Å²) >= 11 is 0. The van der Waals surface area contributed by atoms with Crippen LogP contribution in [0.25, 0.3) is 0 Å². The van der Waals surface area contributed by atoms with Gasteiger partial charge in [-0.25, -0.2) is 0 Å². The smallest absolute Gasteiger partial charge is 0.305 e. The van der Waals surface area contributed by atoms with Gasteiger partial charge in [-0.1, -0.05) is 320 Å². The summed E-state index contributed by atoms with van der Waals surface area (Å²) in [6.07, 6.45) is 84.6. The lowest BCUT2D eigenvalue weighted by molar-refractivity contribution is -0.143. The molecule has 6 nitrogen and oxygen atoms in total. The topological polar surface area (TPSA) is 95.9 Å². The molecule has 0 heterocycles. The standard InChI is InChI=1S/C71H135NO5/c1-3-5-7-9-11-13-15-17-19-21-23-24-25-26-27-28-31-35-39-43-47-51-55-59-63-69(74)68(67-73)72-70(75)64-60-56-52-48-44-40-36-32-29-30-34-38-42-46-50-54-58-62-66-77-71(76)65-61-57-53-49-45-41-37-33-22-20-18-16-14-12-10-8-6-4-2/h14,16,20,22,32,36,68-69,73-74H,3-13,15,17-19,21,23-31,33-35,37-67H2,1-2H3,(H,72,75)/b16-14-,22-20-,36-32-. The third kappa shape index (κ3) is 63.1. The molecule has 0 bridgehead atoms. The highest BCUT2D eigenvalue weighted by molar-refractivity contribution is 5.76. The fourth-order valence-corrected chi connectivity index (χ4v) is 10.8.